The first-order chi connectivity index (χ1) is 6.68. The highest BCUT2D eigenvalue weighted by molar-refractivity contribution is 5.91. The molecule has 0 saturated heterocycles. The van der Waals surface area contributed by atoms with Crippen molar-refractivity contribution < 1.29 is 9.90 Å². The second-order valence-corrected chi connectivity index (χ2v) is 3.08. The largest absolute Gasteiger partial charge is 0.478 e. The van der Waals surface area contributed by atoms with E-state index < -0.39 is 5.97 Å². The van der Waals surface area contributed by atoms with E-state index in [1.807, 2.05) is 13.0 Å². The van der Waals surface area contributed by atoms with Crippen molar-refractivity contribution in [3.63, 3.8) is 0 Å². The molecule has 2 rings (SSSR count). The first-order valence-electron chi connectivity index (χ1n) is 4.19. The van der Waals surface area contributed by atoms with Gasteiger partial charge in [0.1, 0.15) is 6.33 Å². The number of aliphatic carboxylic acids is 1. The molecule has 5 heteroatoms. The van der Waals surface area contributed by atoms with Gasteiger partial charge in [-0.05, 0) is 18.9 Å². The predicted molar refractivity (Wildman–Crippen MR) is 50.2 cm³/mol. The van der Waals surface area contributed by atoms with Crippen LogP contribution in [0.5, 0.6) is 0 Å². The van der Waals surface area contributed by atoms with Gasteiger partial charge in [0.25, 0.3) is 0 Å². The number of carboxylic acids is 1. The zero-order valence-electron chi connectivity index (χ0n) is 7.64. The summed E-state index contributed by atoms with van der Waals surface area (Å²) < 4.78 is 1.49. The highest BCUT2D eigenvalue weighted by atomic mass is 16.4. The van der Waals surface area contributed by atoms with Crippen molar-refractivity contribution in [1.82, 2.24) is 14.8 Å². The number of fused-ring (bicyclic) bond motifs is 1. The SMILES string of the molecule is CC1=CCC(C(=O)O)=Cn2ncnc21. The number of carbonyl (C=O) groups is 1. The van der Waals surface area contributed by atoms with Gasteiger partial charge in [0.2, 0.25) is 0 Å². The zero-order chi connectivity index (χ0) is 10.1. The number of allylic oxidation sites excluding steroid dienone is 2. The quantitative estimate of drug-likeness (QED) is 0.719. The third-order valence-electron chi connectivity index (χ3n) is 2.11. The Morgan fingerprint density at radius 1 is 1.64 bits per heavy atom. The lowest BCUT2D eigenvalue weighted by molar-refractivity contribution is -0.132. The fourth-order valence-corrected chi connectivity index (χ4v) is 1.32. The molecular formula is C9H9N3O2. The van der Waals surface area contributed by atoms with Crippen molar-refractivity contribution in [2.75, 3.05) is 0 Å². The van der Waals surface area contributed by atoms with Gasteiger partial charge in [-0.2, -0.15) is 5.10 Å². The fourth-order valence-electron chi connectivity index (χ4n) is 1.32. The highest BCUT2D eigenvalue weighted by Gasteiger charge is 2.13. The van der Waals surface area contributed by atoms with Crippen molar-refractivity contribution in [2.45, 2.75) is 13.3 Å². The van der Waals surface area contributed by atoms with Crippen LogP contribution in [0.15, 0.2) is 18.0 Å². The lowest BCUT2D eigenvalue weighted by atomic mass is 10.1. The molecule has 0 radical (unpaired) electrons. The Hall–Kier alpha value is -1.91. The van der Waals surface area contributed by atoms with Gasteiger partial charge in [-0.3, -0.25) is 0 Å². The molecule has 0 fully saturated rings. The first-order valence-corrected chi connectivity index (χ1v) is 4.19. The van der Waals surface area contributed by atoms with E-state index >= 15 is 0 Å². The number of aromatic nitrogens is 3. The first kappa shape index (κ1) is 8.68. The number of carboxylic acid groups (broad SMARTS) is 1. The van der Waals surface area contributed by atoms with E-state index in [0.29, 0.717) is 17.8 Å². The Balaban J connectivity index is 2.54. The van der Waals surface area contributed by atoms with Crippen LogP contribution in [0, 0.1) is 0 Å². The van der Waals surface area contributed by atoms with Gasteiger partial charge in [0.15, 0.2) is 5.82 Å². The molecule has 0 unspecified atom stereocenters. The van der Waals surface area contributed by atoms with E-state index in [9.17, 15) is 4.79 Å². The van der Waals surface area contributed by atoms with Crippen LogP contribution in [0.25, 0.3) is 11.8 Å². The van der Waals surface area contributed by atoms with Gasteiger partial charge in [0, 0.05) is 6.20 Å². The Kier molecular flexibility index (Phi) is 1.92. The number of nitrogens with zero attached hydrogens (tertiary/aromatic N) is 3. The van der Waals surface area contributed by atoms with Gasteiger partial charge in [-0.15, -0.1) is 0 Å². The van der Waals surface area contributed by atoms with Crippen LogP contribution >= 0.6 is 0 Å². The van der Waals surface area contributed by atoms with E-state index in [2.05, 4.69) is 10.1 Å². The molecular weight excluding hydrogens is 182 g/mol. The molecule has 0 aliphatic carbocycles. The summed E-state index contributed by atoms with van der Waals surface area (Å²) in [5.41, 5.74) is 1.25. The maximum Gasteiger partial charge on any atom is 0.333 e. The summed E-state index contributed by atoms with van der Waals surface area (Å²) >= 11 is 0. The number of rotatable bonds is 1. The normalized spacial score (nSPS) is 15.2. The smallest absolute Gasteiger partial charge is 0.333 e. The van der Waals surface area contributed by atoms with Gasteiger partial charge in [0.05, 0.1) is 5.57 Å². The predicted octanol–water partition coefficient (Wildman–Crippen LogP) is 1.01. The van der Waals surface area contributed by atoms with Crippen molar-refractivity contribution in [3.8, 4) is 0 Å². The minimum absolute atomic E-state index is 0.314. The number of hydrogen-bond donors (Lipinski definition) is 1. The summed E-state index contributed by atoms with van der Waals surface area (Å²) in [5.74, 6) is -0.223. The minimum Gasteiger partial charge on any atom is -0.478 e. The lowest BCUT2D eigenvalue weighted by Crippen LogP contribution is -2.01. The highest BCUT2D eigenvalue weighted by Crippen LogP contribution is 2.19. The Labute approximate surface area is 80.4 Å². The summed E-state index contributed by atoms with van der Waals surface area (Å²) in [6, 6.07) is 0. The summed E-state index contributed by atoms with van der Waals surface area (Å²) in [4.78, 5) is 14.8. The Bertz CT molecular complexity index is 443. The van der Waals surface area contributed by atoms with Crippen molar-refractivity contribution in [1.29, 1.82) is 0 Å². The second kappa shape index (κ2) is 3.10. The Morgan fingerprint density at radius 3 is 3.14 bits per heavy atom. The molecule has 0 bridgehead atoms. The van der Waals surface area contributed by atoms with Crippen molar-refractivity contribution >= 4 is 17.7 Å². The monoisotopic (exact) mass is 191 g/mol. The van der Waals surface area contributed by atoms with E-state index in [1.54, 1.807) is 0 Å². The van der Waals surface area contributed by atoms with Crippen LogP contribution in [0.3, 0.4) is 0 Å². The van der Waals surface area contributed by atoms with Gasteiger partial charge in [-0.1, -0.05) is 6.08 Å². The van der Waals surface area contributed by atoms with Gasteiger partial charge >= 0.3 is 5.97 Å². The summed E-state index contributed by atoms with van der Waals surface area (Å²) in [7, 11) is 0. The topological polar surface area (TPSA) is 68.0 Å². The third-order valence-corrected chi connectivity index (χ3v) is 2.11. The summed E-state index contributed by atoms with van der Waals surface area (Å²) in [6.45, 7) is 1.89. The molecule has 1 N–H and O–H groups in total. The standard InChI is InChI=1S/C9H9N3O2/c1-6-2-3-7(9(13)14)4-12-8(6)10-5-11-12/h2,4-5H,3H2,1H3,(H,13,14). The van der Waals surface area contributed by atoms with Crippen LogP contribution in [-0.2, 0) is 4.79 Å². The molecule has 5 nitrogen and oxygen atoms in total. The molecule has 0 aromatic carbocycles. The van der Waals surface area contributed by atoms with Crippen LogP contribution < -0.4 is 0 Å². The van der Waals surface area contributed by atoms with Crippen LogP contribution in [-0.4, -0.2) is 25.8 Å². The maximum atomic E-state index is 10.8. The van der Waals surface area contributed by atoms with Crippen LogP contribution in [0.2, 0.25) is 0 Å². The van der Waals surface area contributed by atoms with Crippen molar-refractivity contribution in [3.05, 3.63) is 23.8 Å². The molecule has 1 aliphatic heterocycles. The van der Waals surface area contributed by atoms with E-state index in [-0.39, 0.29) is 0 Å². The molecule has 0 amide bonds. The fraction of sp³-hybridized carbons (Fsp3) is 0.222. The van der Waals surface area contributed by atoms with E-state index in [4.69, 9.17) is 5.11 Å². The van der Waals surface area contributed by atoms with E-state index in [0.717, 1.165) is 5.57 Å². The molecule has 1 aromatic rings. The van der Waals surface area contributed by atoms with Crippen LogP contribution in [0.1, 0.15) is 19.2 Å². The molecule has 1 aromatic heterocycles. The molecule has 0 spiro atoms. The molecule has 72 valence electrons. The average Bonchev–Trinajstić information content (AvgIpc) is 2.53. The maximum absolute atomic E-state index is 10.8. The third kappa shape index (κ3) is 1.32. The van der Waals surface area contributed by atoms with Gasteiger partial charge in [-0.25, -0.2) is 14.5 Å². The van der Waals surface area contributed by atoms with E-state index in [1.165, 1.54) is 17.2 Å². The molecule has 2 heterocycles. The second-order valence-electron chi connectivity index (χ2n) is 3.08. The average molecular weight is 191 g/mol. The minimum atomic E-state index is -0.919. The Morgan fingerprint density at radius 2 is 2.43 bits per heavy atom. The molecule has 1 aliphatic rings. The molecule has 14 heavy (non-hydrogen) atoms. The van der Waals surface area contributed by atoms with Crippen LogP contribution in [0.4, 0.5) is 0 Å². The number of hydrogen-bond acceptors (Lipinski definition) is 3. The zero-order valence-corrected chi connectivity index (χ0v) is 7.64. The molecule has 0 saturated carbocycles. The molecule has 0 atom stereocenters. The summed E-state index contributed by atoms with van der Waals surface area (Å²) in [6.07, 6.45) is 5.16. The van der Waals surface area contributed by atoms with Gasteiger partial charge < -0.3 is 5.11 Å². The lowest BCUT2D eigenvalue weighted by Gasteiger charge is -1.97. The van der Waals surface area contributed by atoms with Crippen molar-refractivity contribution in [2.24, 2.45) is 0 Å². The summed E-state index contributed by atoms with van der Waals surface area (Å²) in [5, 5.41) is 12.8.